The molecule has 6 nitrogen and oxygen atoms in total. The van der Waals surface area contributed by atoms with Gasteiger partial charge in [0, 0.05) is 5.38 Å². The van der Waals surface area contributed by atoms with Crippen LogP contribution in [0, 0.1) is 0 Å². The Kier molecular flexibility index (Phi) is 3.77. The normalized spacial score (nSPS) is 9.33. The minimum Gasteiger partial charge on any atom is -0.147 e. The van der Waals surface area contributed by atoms with E-state index in [1.54, 1.807) is 17.2 Å². The molecule has 76 valence electrons. The van der Waals surface area contributed by atoms with E-state index in [1.165, 1.54) is 34.2 Å². The molecule has 0 bridgehead atoms. The fourth-order valence-electron chi connectivity index (χ4n) is 0.669. The number of nitrogens with zero attached hydrogens (tertiary/aromatic N) is 6. The van der Waals surface area contributed by atoms with Crippen LogP contribution in [0.4, 0.5) is 0 Å². The molecule has 3 aromatic rings. The highest BCUT2D eigenvalue weighted by Gasteiger charge is 2.02. The molecule has 3 rings (SSSR count). The van der Waals surface area contributed by atoms with Gasteiger partial charge in [0.25, 0.3) is 0 Å². The molecule has 0 radical (unpaired) electrons. The SMILES string of the molecule is c1csnn1.c1nnc(-c2nncs2)s1. The van der Waals surface area contributed by atoms with Crippen molar-refractivity contribution in [3.8, 4) is 10.0 Å². The maximum absolute atomic E-state index is 3.84. The summed E-state index contributed by atoms with van der Waals surface area (Å²) in [6.07, 6.45) is 1.66. The van der Waals surface area contributed by atoms with Gasteiger partial charge in [-0.3, -0.25) is 0 Å². The van der Waals surface area contributed by atoms with E-state index >= 15 is 0 Å². The fourth-order valence-corrected chi connectivity index (χ4v) is 2.09. The lowest BCUT2D eigenvalue weighted by atomic mass is 10.8. The van der Waals surface area contributed by atoms with Gasteiger partial charge < -0.3 is 0 Å². The summed E-state index contributed by atoms with van der Waals surface area (Å²) >= 11 is 4.28. The van der Waals surface area contributed by atoms with Gasteiger partial charge in [0.05, 0.1) is 6.20 Å². The van der Waals surface area contributed by atoms with Gasteiger partial charge in [0.2, 0.25) is 0 Å². The summed E-state index contributed by atoms with van der Waals surface area (Å²) in [6.45, 7) is 0. The largest absolute Gasteiger partial charge is 0.178 e. The van der Waals surface area contributed by atoms with Crippen molar-refractivity contribution in [1.82, 2.24) is 30.0 Å². The summed E-state index contributed by atoms with van der Waals surface area (Å²) in [7, 11) is 0. The zero-order chi connectivity index (χ0) is 10.3. The summed E-state index contributed by atoms with van der Waals surface area (Å²) < 4.78 is 3.51. The van der Waals surface area contributed by atoms with Gasteiger partial charge in [-0.15, -0.1) is 25.5 Å². The first-order valence-corrected chi connectivity index (χ1v) is 6.30. The van der Waals surface area contributed by atoms with Gasteiger partial charge in [-0.05, 0) is 11.5 Å². The molecule has 0 aliphatic heterocycles. The molecule has 0 aromatic carbocycles. The van der Waals surface area contributed by atoms with Crippen LogP contribution >= 0.6 is 34.2 Å². The van der Waals surface area contributed by atoms with Gasteiger partial charge in [-0.2, -0.15) is 0 Å². The first-order chi connectivity index (χ1) is 7.47. The molecule has 0 aliphatic carbocycles. The Bertz CT molecular complexity index is 398. The molecule has 0 spiro atoms. The predicted octanol–water partition coefficient (Wildman–Crippen LogP) is 1.59. The second-order valence-electron chi connectivity index (χ2n) is 2.08. The molecule has 3 heterocycles. The van der Waals surface area contributed by atoms with Crippen molar-refractivity contribution in [2.75, 3.05) is 0 Å². The van der Waals surface area contributed by atoms with Crippen LogP contribution in [0.15, 0.2) is 22.6 Å². The first kappa shape index (κ1) is 10.2. The van der Waals surface area contributed by atoms with E-state index in [0.717, 1.165) is 10.0 Å². The quantitative estimate of drug-likeness (QED) is 0.658. The van der Waals surface area contributed by atoms with E-state index in [9.17, 15) is 0 Å². The molecular weight excluding hydrogens is 252 g/mol. The predicted molar refractivity (Wildman–Crippen MR) is 58.7 cm³/mol. The highest BCUT2D eigenvalue weighted by Crippen LogP contribution is 2.20. The monoisotopic (exact) mass is 256 g/mol. The fraction of sp³-hybridized carbons (Fsp3) is 0. The Labute approximate surface area is 96.8 Å². The lowest BCUT2D eigenvalue weighted by Gasteiger charge is -1.78. The van der Waals surface area contributed by atoms with Crippen molar-refractivity contribution >= 4 is 34.2 Å². The molecule has 0 amide bonds. The minimum absolute atomic E-state index is 0.836. The Hall–Kier alpha value is -1.32. The van der Waals surface area contributed by atoms with E-state index in [0.29, 0.717) is 0 Å². The zero-order valence-corrected chi connectivity index (χ0v) is 9.67. The molecule has 0 atom stereocenters. The van der Waals surface area contributed by atoms with Gasteiger partial charge in [-0.1, -0.05) is 27.2 Å². The molecular formula is C6H4N6S3. The van der Waals surface area contributed by atoms with Crippen molar-refractivity contribution in [3.05, 3.63) is 22.6 Å². The van der Waals surface area contributed by atoms with Gasteiger partial charge in [0.1, 0.15) is 11.0 Å². The maximum Gasteiger partial charge on any atom is 0.178 e. The molecule has 0 saturated heterocycles. The highest BCUT2D eigenvalue weighted by molar-refractivity contribution is 7.19. The maximum atomic E-state index is 3.84. The third kappa shape index (κ3) is 3.08. The van der Waals surface area contributed by atoms with Crippen LogP contribution in [-0.4, -0.2) is 30.0 Å². The van der Waals surface area contributed by atoms with E-state index in [1.807, 2.05) is 5.38 Å². The second-order valence-corrected chi connectivity index (χ2v) is 4.39. The lowest BCUT2D eigenvalue weighted by molar-refractivity contribution is 1.06. The minimum atomic E-state index is 0.836. The van der Waals surface area contributed by atoms with Crippen molar-refractivity contribution in [3.63, 3.8) is 0 Å². The average molecular weight is 256 g/mol. The summed E-state index contributed by atoms with van der Waals surface area (Å²) in [6, 6.07) is 0. The first-order valence-electron chi connectivity index (χ1n) is 3.70. The van der Waals surface area contributed by atoms with Crippen LogP contribution < -0.4 is 0 Å². The smallest absolute Gasteiger partial charge is 0.147 e. The van der Waals surface area contributed by atoms with Crippen LogP contribution in [0.3, 0.4) is 0 Å². The molecule has 15 heavy (non-hydrogen) atoms. The number of rotatable bonds is 1. The molecule has 9 heteroatoms. The van der Waals surface area contributed by atoms with Crippen molar-refractivity contribution < 1.29 is 0 Å². The molecule has 0 N–H and O–H groups in total. The Morgan fingerprint density at radius 2 is 1.53 bits per heavy atom. The van der Waals surface area contributed by atoms with E-state index < -0.39 is 0 Å². The van der Waals surface area contributed by atoms with Gasteiger partial charge in [0.15, 0.2) is 10.0 Å². The number of aromatic nitrogens is 6. The summed E-state index contributed by atoms with van der Waals surface area (Å²) in [5.74, 6) is 0. The summed E-state index contributed by atoms with van der Waals surface area (Å²) in [5, 5.41) is 22.0. The average Bonchev–Trinajstić information content (AvgIpc) is 3.06. The van der Waals surface area contributed by atoms with Crippen molar-refractivity contribution in [2.24, 2.45) is 0 Å². The molecule has 3 aromatic heterocycles. The highest BCUT2D eigenvalue weighted by atomic mass is 32.1. The molecule has 0 aliphatic rings. The van der Waals surface area contributed by atoms with Crippen LogP contribution in [0.2, 0.25) is 0 Å². The Balaban J connectivity index is 0.000000144. The van der Waals surface area contributed by atoms with Crippen LogP contribution in [0.5, 0.6) is 0 Å². The van der Waals surface area contributed by atoms with E-state index in [4.69, 9.17) is 0 Å². The zero-order valence-electron chi connectivity index (χ0n) is 7.22. The van der Waals surface area contributed by atoms with Crippen molar-refractivity contribution in [1.29, 1.82) is 0 Å². The third-order valence-corrected chi connectivity index (χ3v) is 3.14. The van der Waals surface area contributed by atoms with E-state index in [-0.39, 0.29) is 0 Å². The Morgan fingerprint density at radius 1 is 0.867 bits per heavy atom. The summed E-state index contributed by atoms with van der Waals surface area (Å²) in [4.78, 5) is 0. The molecule has 0 saturated carbocycles. The van der Waals surface area contributed by atoms with Crippen LogP contribution in [0.25, 0.3) is 10.0 Å². The molecule has 0 fully saturated rings. The van der Waals surface area contributed by atoms with Crippen LogP contribution in [0.1, 0.15) is 0 Å². The third-order valence-electron chi connectivity index (χ3n) is 1.19. The Morgan fingerprint density at radius 3 is 1.80 bits per heavy atom. The standard InChI is InChI=1S/C4H2N4S2.C2H2N2S/c1-5-7-3(9-1)4-8-6-2-10-4;1-2-5-4-3-1/h1-2H;1-2H. The topological polar surface area (TPSA) is 77.3 Å². The van der Waals surface area contributed by atoms with Crippen LogP contribution in [-0.2, 0) is 0 Å². The number of hydrogen-bond acceptors (Lipinski definition) is 9. The van der Waals surface area contributed by atoms with E-state index in [2.05, 4.69) is 30.0 Å². The second kappa shape index (κ2) is 5.53. The van der Waals surface area contributed by atoms with Gasteiger partial charge in [-0.25, -0.2) is 0 Å². The number of hydrogen-bond donors (Lipinski definition) is 0. The lowest BCUT2D eigenvalue weighted by Crippen LogP contribution is -1.74. The van der Waals surface area contributed by atoms with Crippen molar-refractivity contribution in [2.45, 2.75) is 0 Å². The molecule has 0 unspecified atom stereocenters. The van der Waals surface area contributed by atoms with Gasteiger partial charge >= 0.3 is 0 Å². The summed E-state index contributed by atoms with van der Waals surface area (Å²) in [5.41, 5.74) is 3.35.